The standard InChI is InChI=1S/C8H4Cl2N2O2/c9-4-1-2-12-5(3-4)6(10)11-7(12)8(13)14/h1-3H,(H,13,14). The zero-order valence-corrected chi connectivity index (χ0v) is 8.25. The molecule has 0 unspecified atom stereocenters. The Hall–Kier alpha value is -1.26. The van der Waals surface area contributed by atoms with Gasteiger partial charge in [0.2, 0.25) is 5.82 Å². The monoisotopic (exact) mass is 230 g/mol. The van der Waals surface area contributed by atoms with E-state index in [4.69, 9.17) is 28.3 Å². The molecule has 2 rings (SSSR count). The number of aromatic nitrogens is 2. The molecule has 2 heterocycles. The van der Waals surface area contributed by atoms with Crippen LogP contribution in [0.3, 0.4) is 0 Å². The first-order valence-electron chi connectivity index (χ1n) is 3.66. The molecule has 0 radical (unpaired) electrons. The average Bonchev–Trinajstić information content (AvgIpc) is 2.44. The molecule has 0 aliphatic heterocycles. The number of aromatic carboxylic acids is 1. The van der Waals surface area contributed by atoms with Crippen LogP contribution in [0.5, 0.6) is 0 Å². The highest BCUT2D eigenvalue weighted by Gasteiger charge is 2.14. The number of rotatable bonds is 1. The van der Waals surface area contributed by atoms with Gasteiger partial charge in [0, 0.05) is 11.2 Å². The molecule has 2 aromatic heterocycles. The summed E-state index contributed by atoms with van der Waals surface area (Å²) in [4.78, 5) is 14.4. The van der Waals surface area contributed by atoms with Crippen molar-refractivity contribution in [3.05, 3.63) is 34.3 Å². The molecule has 2 aromatic rings. The Morgan fingerprint density at radius 2 is 2.21 bits per heavy atom. The number of carboxylic acids is 1. The molecule has 0 aliphatic rings. The molecule has 0 saturated heterocycles. The van der Waals surface area contributed by atoms with Gasteiger partial charge in [-0.15, -0.1) is 0 Å². The molecule has 0 spiro atoms. The van der Waals surface area contributed by atoms with E-state index >= 15 is 0 Å². The lowest BCUT2D eigenvalue weighted by Gasteiger charge is -1.96. The summed E-state index contributed by atoms with van der Waals surface area (Å²) in [7, 11) is 0. The zero-order chi connectivity index (χ0) is 10.3. The van der Waals surface area contributed by atoms with Crippen LogP contribution < -0.4 is 0 Å². The Morgan fingerprint density at radius 1 is 1.50 bits per heavy atom. The molecule has 72 valence electrons. The summed E-state index contributed by atoms with van der Waals surface area (Å²) in [6.45, 7) is 0. The molecular formula is C8H4Cl2N2O2. The number of halogens is 2. The molecule has 4 nitrogen and oxygen atoms in total. The molecule has 0 atom stereocenters. The maximum atomic E-state index is 10.7. The normalized spacial score (nSPS) is 10.7. The molecule has 0 amide bonds. The van der Waals surface area contributed by atoms with Gasteiger partial charge < -0.3 is 5.11 Å². The topological polar surface area (TPSA) is 54.6 Å². The molecule has 0 aliphatic carbocycles. The molecular weight excluding hydrogens is 227 g/mol. The van der Waals surface area contributed by atoms with Gasteiger partial charge in [-0.25, -0.2) is 9.78 Å². The fraction of sp³-hybridized carbons (Fsp3) is 0. The second kappa shape index (κ2) is 3.15. The highest BCUT2D eigenvalue weighted by Crippen LogP contribution is 2.21. The molecule has 0 fully saturated rings. The maximum Gasteiger partial charge on any atom is 0.372 e. The fourth-order valence-corrected chi connectivity index (χ4v) is 1.56. The summed E-state index contributed by atoms with van der Waals surface area (Å²) in [6.07, 6.45) is 1.51. The third kappa shape index (κ3) is 1.32. The van der Waals surface area contributed by atoms with E-state index in [0.717, 1.165) is 0 Å². The van der Waals surface area contributed by atoms with Crippen LogP contribution in [-0.4, -0.2) is 20.5 Å². The molecule has 0 saturated carbocycles. The van der Waals surface area contributed by atoms with Gasteiger partial charge in [0.05, 0.1) is 5.52 Å². The predicted molar refractivity (Wildman–Crippen MR) is 52.2 cm³/mol. The number of hydrogen-bond acceptors (Lipinski definition) is 2. The molecule has 14 heavy (non-hydrogen) atoms. The first-order valence-corrected chi connectivity index (χ1v) is 4.41. The Bertz CT molecular complexity index is 521. The van der Waals surface area contributed by atoms with Gasteiger partial charge in [0.15, 0.2) is 5.15 Å². The number of imidazole rings is 1. The third-order valence-electron chi connectivity index (χ3n) is 1.75. The van der Waals surface area contributed by atoms with Crippen molar-refractivity contribution < 1.29 is 9.90 Å². The van der Waals surface area contributed by atoms with Gasteiger partial charge in [-0.05, 0) is 12.1 Å². The van der Waals surface area contributed by atoms with E-state index in [0.29, 0.717) is 10.5 Å². The maximum absolute atomic E-state index is 10.7. The first-order chi connectivity index (χ1) is 6.59. The number of carboxylic acid groups (broad SMARTS) is 1. The van der Waals surface area contributed by atoms with Crippen LogP contribution in [0.25, 0.3) is 5.52 Å². The number of fused-ring (bicyclic) bond motifs is 1. The average molecular weight is 231 g/mol. The van der Waals surface area contributed by atoms with E-state index in [-0.39, 0.29) is 11.0 Å². The molecule has 6 heteroatoms. The van der Waals surface area contributed by atoms with Crippen LogP contribution in [0.1, 0.15) is 10.6 Å². The van der Waals surface area contributed by atoms with Crippen molar-refractivity contribution >= 4 is 34.7 Å². The summed E-state index contributed by atoms with van der Waals surface area (Å²) < 4.78 is 1.37. The van der Waals surface area contributed by atoms with E-state index < -0.39 is 5.97 Å². The Morgan fingerprint density at radius 3 is 2.86 bits per heavy atom. The van der Waals surface area contributed by atoms with E-state index in [1.807, 2.05) is 0 Å². The quantitative estimate of drug-likeness (QED) is 0.819. The van der Waals surface area contributed by atoms with Crippen LogP contribution >= 0.6 is 23.2 Å². The lowest BCUT2D eigenvalue weighted by Crippen LogP contribution is -2.02. The van der Waals surface area contributed by atoms with Gasteiger partial charge in [0.25, 0.3) is 0 Å². The van der Waals surface area contributed by atoms with E-state index in [9.17, 15) is 4.79 Å². The highest BCUT2D eigenvalue weighted by atomic mass is 35.5. The van der Waals surface area contributed by atoms with Crippen molar-refractivity contribution in [3.8, 4) is 0 Å². The van der Waals surface area contributed by atoms with Crippen molar-refractivity contribution in [1.82, 2.24) is 9.38 Å². The molecule has 0 aromatic carbocycles. The second-order valence-corrected chi connectivity index (χ2v) is 3.43. The van der Waals surface area contributed by atoms with Crippen LogP contribution in [0, 0.1) is 0 Å². The van der Waals surface area contributed by atoms with Crippen LogP contribution in [0.2, 0.25) is 10.2 Å². The Labute approximate surface area is 88.7 Å². The summed E-state index contributed by atoms with van der Waals surface area (Å²) in [5, 5.41) is 9.40. The smallest absolute Gasteiger partial charge is 0.372 e. The van der Waals surface area contributed by atoms with Gasteiger partial charge >= 0.3 is 5.97 Å². The lowest BCUT2D eigenvalue weighted by molar-refractivity contribution is 0.0683. The minimum atomic E-state index is -1.13. The highest BCUT2D eigenvalue weighted by molar-refractivity contribution is 6.34. The SMILES string of the molecule is O=C(O)c1nc(Cl)c2cc(Cl)ccn12. The first kappa shape index (κ1) is 9.30. The largest absolute Gasteiger partial charge is 0.475 e. The van der Waals surface area contributed by atoms with Crippen molar-refractivity contribution in [2.75, 3.05) is 0 Å². The van der Waals surface area contributed by atoms with Crippen molar-refractivity contribution in [2.45, 2.75) is 0 Å². The Kier molecular flexibility index (Phi) is 2.09. The van der Waals surface area contributed by atoms with E-state index in [2.05, 4.69) is 4.98 Å². The molecule has 0 bridgehead atoms. The fourth-order valence-electron chi connectivity index (χ4n) is 1.17. The Balaban J connectivity index is 2.84. The minimum absolute atomic E-state index is 0.123. The summed E-state index contributed by atoms with van der Waals surface area (Å²) in [5.74, 6) is -1.25. The second-order valence-electron chi connectivity index (χ2n) is 2.63. The van der Waals surface area contributed by atoms with E-state index in [1.165, 1.54) is 10.6 Å². The van der Waals surface area contributed by atoms with Gasteiger partial charge in [-0.1, -0.05) is 23.2 Å². The number of nitrogens with zero attached hydrogens (tertiary/aromatic N) is 2. The van der Waals surface area contributed by atoms with Gasteiger partial charge in [-0.3, -0.25) is 4.40 Å². The van der Waals surface area contributed by atoms with Gasteiger partial charge in [-0.2, -0.15) is 0 Å². The van der Waals surface area contributed by atoms with Crippen molar-refractivity contribution in [3.63, 3.8) is 0 Å². The summed E-state index contributed by atoms with van der Waals surface area (Å²) >= 11 is 11.5. The number of carbonyl (C=O) groups is 1. The predicted octanol–water partition coefficient (Wildman–Crippen LogP) is 2.34. The molecule has 1 N–H and O–H groups in total. The summed E-state index contributed by atoms with van der Waals surface area (Å²) in [5.41, 5.74) is 0.483. The lowest BCUT2D eigenvalue weighted by atomic mass is 10.4. The van der Waals surface area contributed by atoms with Gasteiger partial charge in [0.1, 0.15) is 0 Å². The van der Waals surface area contributed by atoms with Crippen molar-refractivity contribution in [1.29, 1.82) is 0 Å². The van der Waals surface area contributed by atoms with Crippen LogP contribution in [-0.2, 0) is 0 Å². The van der Waals surface area contributed by atoms with E-state index in [1.54, 1.807) is 12.1 Å². The zero-order valence-electron chi connectivity index (χ0n) is 6.74. The van der Waals surface area contributed by atoms with Crippen LogP contribution in [0.4, 0.5) is 0 Å². The van der Waals surface area contributed by atoms with Crippen molar-refractivity contribution in [2.24, 2.45) is 0 Å². The number of hydrogen-bond donors (Lipinski definition) is 1. The number of pyridine rings is 1. The summed E-state index contributed by atoms with van der Waals surface area (Å²) in [6, 6.07) is 3.13. The van der Waals surface area contributed by atoms with Crippen LogP contribution in [0.15, 0.2) is 18.3 Å². The minimum Gasteiger partial charge on any atom is -0.475 e. The third-order valence-corrected chi connectivity index (χ3v) is 2.27.